The molecule has 14 heavy (non-hydrogen) atoms. The number of aryl methyl sites for hydroxylation is 1. The fraction of sp³-hybridized carbons (Fsp3) is 0.500. The van der Waals surface area contributed by atoms with Gasteiger partial charge in [0.15, 0.2) is 0 Å². The van der Waals surface area contributed by atoms with E-state index in [1.54, 1.807) is 6.20 Å². The number of rotatable bonds is 1. The van der Waals surface area contributed by atoms with Gasteiger partial charge in [0.1, 0.15) is 0 Å². The van der Waals surface area contributed by atoms with E-state index in [0.29, 0.717) is 0 Å². The normalized spacial score (nSPS) is 22.3. The molecule has 1 aliphatic rings. The first-order chi connectivity index (χ1) is 6.79. The first kappa shape index (κ1) is 10.1. The van der Waals surface area contributed by atoms with Crippen molar-refractivity contribution in [2.45, 2.75) is 13.0 Å². The zero-order chi connectivity index (χ0) is 9.97. The number of aromatic nitrogens is 1. The number of nitrogens with one attached hydrogen (secondary N) is 1. The molecule has 76 valence electrons. The molecule has 1 aromatic heterocycles. The number of halogens is 1. The third kappa shape index (κ3) is 1.97. The number of hydrogen-bond donors (Lipinski definition) is 1. The Hall–Kier alpha value is -0.450. The van der Waals surface area contributed by atoms with Gasteiger partial charge in [-0.05, 0) is 13.0 Å². The van der Waals surface area contributed by atoms with Crippen molar-refractivity contribution < 1.29 is 4.74 Å². The first-order valence-electron chi connectivity index (χ1n) is 4.72. The average Bonchev–Trinajstić information content (AvgIpc) is 2.19. The quantitative estimate of drug-likeness (QED) is 0.833. The van der Waals surface area contributed by atoms with Crippen molar-refractivity contribution in [3.05, 3.63) is 28.0 Å². The lowest BCUT2D eigenvalue weighted by Crippen LogP contribution is -2.33. The van der Waals surface area contributed by atoms with Gasteiger partial charge in [0.05, 0.1) is 12.7 Å². The van der Waals surface area contributed by atoms with Gasteiger partial charge in [-0.2, -0.15) is 0 Å². The maximum atomic E-state index is 5.69. The molecule has 1 fully saturated rings. The molecule has 1 unspecified atom stereocenters. The highest BCUT2D eigenvalue weighted by Gasteiger charge is 2.20. The summed E-state index contributed by atoms with van der Waals surface area (Å²) in [7, 11) is 0. The highest BCUT2D eigenvalue weighted by atomic mass is 79.9. The first-order valence-corrected chi connectivity index (χ1v) is 5.51. The molecule has 0 aliphatic carbocycles. The third-order valence-corrected chi connectivity index (χ3v) is 3.08. The highest BCUT2D eigenvalue weighted by Crippen LogP contribution is 2.28. The van der Waals surface area contributed by atoms with E-state index in [0.717, 1.165) is 29.9 Å². The zero-order valence-corrected chi connectivity index (χ0v) is 9.67. The SMILES string of the molecule is Cc1nccc(Br)c1C1CNCCO1. The lowest BCUT2D eigenvalue weighted by Gasteiger charge is -2.25. The van der Waals surface area contributed by atoms with E-state index in [4.69, 9.17) is 4.74 Å². The fourth-order valence-electron chi connectivity index (χ4n) is 1.68. The summed E-state index contributed by atoms with van der Waals surface area (Å²) in [6, 6.07) is 1.96. The largest absolute Gasteiger partial charge is 0.371 e. The third-order valence-electron chi connectivity index (χ3n) is 2.39. The summed E-state index contributed by atoms with van der Waals surface area (Å²) in [6.45, 7) is 4.59. The molecule has 1 atom stereocenters. The Balaban J connectivity index is 2.29. The lowest BCUT2D eigenvalue weighted by atomic mass is 10.1. The van der Waals surface area contributed by atoms with Crippen molar-refractivity contribution in [2.75, 3.05) is 19.7 Å². The standard InChI is InChI=1S/C10H13BrN2O/c1-7-10(8(11)2-3-13-7)9-6-12-4-5-14-9/h2-3,9,12H,4-6H2,1H3. The molecule has 1 aromatic rings. The Morgan fingerprint density at radius 2 is 2.50 bits per heavy atom. The summed E-state index contributed by atoms with van der Waals surface area (Å²) in [5.74, 6) is 0. The summed E-state index contributed by atoms with van der Waals surface area (Å²) < 4.78 is 6.78. The molecule has 0 aromatic carbocycles. The van der Waals surface area contributed by atoms with E-state index in [-0.39, 0.29) is 6.10 Å². The van der Waals surface area contributed by atoms with Crippen LogP contribution in [-0.4, -0.2) is 24.7 Å². The van der Waals surface area contributed by atoms with Crippen LogP contribution in [0.5, 0.6) is 0 Å². The van der Waals surface area contributed by atoms with E-state index in [1.807, 2.05) is 13.0 Å². The van der Waals surface area contributed by atoms with Gasteiger partial charge in [0, 0.05) is 35.0 Å². The van der Waals surface area contributed by atoms with Crippen LogP contribution in [0.3, 0.4) is 0 Å². The number of pyridine rings is 1. The predicted molar refractivity (Wildman–Crippen MR) is 58.2 cm³/mol. The van der Waals surface area contributed by atoms with Crippen molar-refractivity contribution in [2.24, 2.45) is 0 Å². The van der Waals surface area contributed by atoms with E-state index >= 15 is 0 Å². The van der Waals surface area contributed by atoms with E-state index in [1.165, 1.54) is 5.56 Å². The van der Waals surface area contributed by atoms with Gasteiger partial charge in [-0.25, -0.2) is 0 Å². The van der Waals surface area contributed by atoms with Crippen molar-refractivity contribution in [1.82, 2.24) is 10.3 Å². The molecule has 0 saturated carbocycles. The smallest absolute Gasteiger partial charge is 0.0978 e. The molecule has 1 aliphatic heterocycles. The average molecular weight is 257 g/mol. The Bertz CT molecular complexity index is 304. The monoisotopic (exact) mass is 256 g/mol. The summed E-state index contributed by atoms with van der Waals surface area (Å²) in [5, 5.41) is 3.31. The molecule has 1 saturated heterocycles. The number of ether oxygens (including phenoxy) is 1. The van der Waals surface area contributed by atoms with Crippen LogP contribution in [0.4, 0.5) is 0 Å². The van der Waals surface area contributed by atoms with Gasteiger partial charge < -0.3 is 10.1 Å². The Morgan fingerprint density at radius 3 is 3.14 bits per heavy atom. The van der Waals surface area contributed by atoms with Crippen LogP contribution in [0, 0.1) is 6.92 Å². The summed E-state index contributed by atoms with van der Waals surface area (Å²) in [5.41, 5.74) is 2.20. The summed E-state index contributed by atoms with van der Waals surface area (Å²) in [4.78, 5) is 4.28. The van der Waals surface area contributed by atoms with Gasteiger partial charge in [0.2, 0.25) is 0 Å². The minimum Gasteiger partial charge on any atom is -0.371 e. The van der Waals surface area contributed by atoms with Gasteiger partial charge >= 0.3 is 0 Å². The molecular formula is C10H13BrN2O. The van der Waals surface area contributed by atoms with E-state index in [9.17, 15) is 0 Å². The highest BCUT2D eigenvalue weighted by molar-refractivity contribution is 9.10. The van der Waals surface area contributed by atoms with Crippen LogP contribution in [0.25, 0.3) is 0 Å². The van der Waals surface area contributed by atoms with Gasteiger partial charge in [-0.3, -0.25) is 4.98 Å². The zero-order valence-electron chi connectivity index (χ0n) is 8.09. The Labute approximate surface area is 92.0 Å². The molecule has 1 N–H and O–H groups in total. The minimum atomic E-state index is 0.131. The second-order valence-corrected chi connectivity index (χ2v) is 4.21. The number of nitrogens with zero attached hydrogens (tertiary/aromatic N) is 1. The maximum absolute atomic E-state index is 5.69. The van der Waals surface area contributed by atoms with Crippen LogP contribution < -0.4 is 5.32 Å². The molecule has 4 heteroatoms. The Morgan fingerprint density at radius 1 is 1.64 bits per heavy atom. The molecule has 0 amide bonds. The van der Waals surface area contributed by atoms with Crippen molar-refractivity contribution in [3.63, 3.8) is 0 Å². The predicted octanol–water partition coefficient (Wildman–Crippen LogP) is 1.81. The van der Waals surface area contributed by atoms with Crippen LogP contribution in [0.15, 0.2) is 16.7 Å². The summed E-state index contributed by atoms with van der Waals surface area (Å²) >= 11 is 3.53. The lowest BCUT2D eigenvalue weighted by molar-refractivity contribution is 0.0266. The van der Waals surface area contributed by atoms with Crippen LogP contribution in [0.2, 0.25) is 0 Å². The maximum Gasteiger partial charge on any atom is 0.0978 e. The molecule has 0 radical (unpaired) electrons. The van der Waals surface area contributed by atoms with Crippen molar-refractivity contribution in [3.8, 4) is 0 Å². The van der Waals surface area contributed by atoms with Crippen molar-refractivity contribution in [1.29, 1.82) is 0 Å². The van der Waals surface area contributed by atoms with E-state index in [2.05, 4.69) is 26.2 Å². The van der Waals surface area contributed by atoms with Crippen molar-refractivity contribution >= 4 is 15.9 Å². The van der Waals surface area contributed by atoms with Crippen LogP contribution >= 0.6 is 15.9 Å². The second kappa shape index (κ2) is 4.38. The fourth-order valence-corrected chi connectivity index (χ4v) is 2.34. The van der Waals surface area contributed by atoms with E-state index < -0.39 is 0 Å². The Kier molecular flexibility index (Phi) is 3.15. The summed E-state index contributed by atoms with van der Waals surface area (Å²) in [6.07, 6.45) is 1.94. The molecule has 3 nitrogen and oxygen atoms in total. The second-order valence-electron chi connectivity index (χ2n) is 3.36. The molecule has 0 bridgehead atoms. The van der Waals surface area contributed by atoms with Gasteiger partial charge in [-0.15, -0.1) is 0 Å². The number of morpholine rings is 1. The van der Waals surface area contributed by atoms with Gasteiger partial charge in [0.25, 0.3) is 0 Å². The van der Waals surface area contributed by atoms with Crippen LogP contribution in [0.1, 0.15) is 17.4 Å². The van der Waals surface area contributed by atoms with Crippen LogP contribution in [-0.2, 0) is 4.74 Å². The molecule has 2 heterocycles. The molecule has 0 spiro atoms. The van der Waals surface area contributed by atoms with Gasteiger partial charge in [-0.1, -0.05) is 15.9 Å². The number of hydrogen-bond acceptors (Lipinski definition) is 3. The molecular weight excluding hydrogens is 244 g/mol. The topological polar surface area (TPSA) is 34.2 Å². The molecule has 2 rings (SSSR count). The minimum absolute atomic E-state index is 0.131.